The van der Waals surface area contributed by atoms with Crippen molar-refractivity contribution in [2.45, 2.75) is 19.8 Å². The van der Waals surface area contributed by atoms with E-state index in [9.17, 15) is 0 Å². The summed E-state index contributed by atoms with van der Waals surface area (Å²) in [6.45, 7) is 1.98. The molecule has 0 aliphatic carbocycles. The van der Waals surface area contributed by atoms with E-state index in [0.29, 0.717) is 23.1 Å². The minimum absolute atomic E-state index is 0.135. The molecule has 1 aromatic heterocycles. The number of rotatable bonds is 3. The van der Waals surface area contributed by atoms with Gasteiger partial charge in [-0.05, 0) is 30.9 Å². The normalized spacial score (nSPS) is 10.5. The first-order valence-corrected chi connectivity index (χ1v) is 4.70. The van der Waals surface area contributed by atoms with Crippen LogP contribution in [0.15, 0.2) is 0 Å². The van der Waals surface area contributed by atoms with Gasteiger partial charge in [-0.1, -0.05) is 23.2 Å². The molecule has 3 nitrogen and oxygen atoms in total. The third-order valence-corrected chi connectivity index (χ3v) is 2.48. The maximum Gasteiger partial charge on any atom is 0.155 e. The molecular weight excluding hydrogens is 211 g/mol. The summed E-state index contributed by atoms with van der Waals surface area (Å²) in [5.41, 5.74) is 1.71. The lowest BCUT2D eigenvalue weighted by Crippen LogP contribution is -1.99. The zero-order chi connectivity index (χ0) is 9.84. The highest BCUT2D eigenvalue weighted by atomic mass is 35.5. The molecule has 0 bridgehead atoms. The molecule has 13 heavy (non-hydrogen) atoms. The second-order valence-corrected chi connectivity index (χ2v) is 3.43. The summed E-state index contributed by atoms with van der Waals surface area (Å²) in [5.74, 6) is 0. The van der Waals surface area contributed by atoms with Crippen molar-refractivity contribution in [2.24, 2.45) is 0 Å². The Bertz CT molecular complexity index is 304. The summed E-state index contributed by atoms with van der Waals surface area (Å²) in [7, 11) is 0. The van der Waals surface area contributed by atoms with Gasteiger partial charge in [-0.25, -0.2) is 0 Å². The highest BCUT2D eigenvalue weighted by Gasteiger charge is 2.09. The summed E-state index contributed by atoms with van der Waals surface area (Å²) in [6, 6.07) is 0. The Morgan fingerprint density at radius 2 is 1.85 bits per heavy atom. The zero-order valence-corrected chi connectivity index (χ0v) is 8.73. The molecule has 1 N–H and O–H groups in total. The van der Waals surface area contributed by atoms with Crippen molar-refractivity contribution in [3.8, 4) is 0 Å². The average molecular weight is 221 g/mol. The smallest absolute Gasteiger partial charge is 0.155 e. The minimum Gasteiger partial charge on any atom is -0.396 e. The first-order valence-electron chi connectivity index (χ1n) is 3.94. The van der Waals surface area contributed by atoms with E-state index >= 15 is 0 Å². The van der Waals surface area contributed by atoms with Gasteiger partial charge in [0.05, 0.1) is 0 Å². The third-order valence-electron chi connectivity index (χ3n) is 1.82. The van der Waals surface area contributed by atoms with Crippen LogP contribution in [0.5, 0.6) is 0 Å². The topological polar surface area (TPSA) is 46.0 Å². The third kappa shape index (κ3) is 2.53. The Morgan fingerprint density at radius 3 is 2.46 bits per heavy atom. The van der Waals surface area contributed by atoms with Gasteiger partial charge in [-0.15, -0.1) is 10.2 Å². The molecule has 1 rings (SSSR count). The van der Waals surface area contributed by atoms with Crippen LogP contribution in [0.1, 0.15) is 17.5 Å². The highest BCUT2D eigenvalue weighted by Crippen LogP contribution is 2.22. The van der Waals surface area contributed by atoms with Crippen molar-refractivity contribution in [1.29, 1.82) is 0 Å². The van der Waals surface area contributed by atoms with Crippen LogP contribution in [0, 0.1) is 6.92 Å². The first-order chi connectivity index (χ1) is 6.16. The molecule has 0 atom stereocenters. The van der Waals surface area contributed by atoms with Crippen LogP contribution < -0.4 is 0 Å². The second-order valence-electron chi connectivity index (χ2n) is 2.71. The van der Waals surface area contributed by atoms with Crippen molar-refractivity contribution in [2.75, 3.05) is 6.61 Å². The SMILES string of the molecule is Cc1c(Cl)nnc(Cl)c1CCCO. The number of aliphatic hydroxyl groups excluding tert-OH is 1. The Balaban J connectivity index is 2.96. The summed E-state index contributed by atoms with van der Waals surface area (Å²) in [4.78, 5) is 0. The van der Waals surface area contributed by atoms with Crippen molar-refractivity contribution in [3.63, 3.8) is 0 Å². The fourth-order valence-electron chi connectivity index (χ4n) is 1.05. The van der Waals surface area contributed by atoms with E-state index in [2.05, 4.69) is 10.2 Å². The molecule has 0 unspecified atom stereocenters. The van der Waals surface area contributed by atoms with Gasteiger partial charge in [0, 0.05) is 6.61 Å². The molecule has 0 aromatic carbocycles. The molecule has 0 fully saturated rings. The fourth-order valence-corrected chi connectivity index (χ4v) is 1.47. The van der Waals surface area contributed by atoms with Crippen LogP contribution >= 0.6 is 23.2 Å². The zero-order valence-electron chi connectivity index (χ0n) is 7.22. The summed E-state index contributed by atoms with van der Waals surface area (Å²) < 4.78 is 0. The van der Waals surface area contributed by atoms with Gasteiger partial charge in [-0.2, -0.15) is 0 Å². The molecule has 0 saturated heterocycles. The van der Waals surface area contributed by atoms with Crippen molar-refractivity contribution in [3.05, 3.63) is 21.4 Å². The standard InChI is InChI=1S/C8H10Cl2N2O/c1-5-6(3-2-4-13)8(10)12-11-7(5)9/h13H,2-4H2,1H3. The Labute approximate surface area is 86.7 Å². The Morgan fingerprint density at radius 1 is 1.23 bits per heavy atom. The lowest BCUT2D eigenvalue weighted by Gasteiger charge is -2.06. The van der Waals surface area contributed by atoms with E-state index in [-0.39, 0.29) is 6.61 Å². The van der Waals surface area contributed by atoms with Crippen LogP contribution in [-0.2, 0) is 6.42 Å². The lowest BCUT2D eigenvalue weighted by atomic mass is 10.1. The van der Waals surface area contributed by atoms with E-state index in [4.69, 9.17) is 28.3 Å². The molecule has 1 heterocycles. The van der Waals surface area contributed by atoms with E-state index in [1.807, 2.05) is 6.92 Å². The predicted molar refractivity (Wildman–Crippen MR) is 52.2 cm³/mol. The number of halogens is 2. The van der Waals surface area contributed by atoms with Gasteiger partial charge in [0.15, 0.2) is 10.3 Å². The molecule has 0 amide bonds. The minimum atomic E-state index is 0.135. The van der Waals surface area contributed by atoms with Gasteiger partial charge in [-0.3, -0.25) is 0 Å². The lowest BCUT2D eigenvalue weighted by molar-refractivity contribution is 0.288. The summed E-state index contributed by atoms with van der Waals surface area (Å²) in [5, 5.41) is 16.8. The van der Waals surface area contributed by atoms with Crippen molar-refractivity contribution >= 4 is 23.2 Å². The fraction of sp³-hybridized carbons (Fsp3) is 0.500. The van der Waals surface area contributed by atoms with E-state index in [1.165, 1.54) is 0 Å². The van der Waals surface area contributed by atoms with Crippen LogP contribution in [-0.4, -0.2) is 21.9 Å². The van der Waals surface area contributed by atoms with Gasteiger partial charge < -0.3 is 5.11 Å². The quantitative estimate of drug-likeness (QED) is 0.849. The molecule has 0 spiro atoms. The molecule has 1 aromatic rings. The maximum absolute atomic E-state index is 8.67. The molecule has 0 aliphatic heterocycles. The van der Waals surface area contributed by atoms with Gasteiger partial charge >= 0.3 is 0 Å². The van der Waals surface area contributed by atoms with Crippen LogP contribution in [0.25, 0.3) is 0 Å². The number of hydrogen-bond donors (Lipinski definition) is 1. The first kappa shape index (κ1) is 10.7. The highest BCUT2D eigenvalue weighted by molar-refractivity contribution is 6.32. The molecular formula is C8H10Cl2N2O. The number of aromatic nitrogens is 2. The van der Waals surface area contributed by atoms with Crippen LogP contribution in [0.2, 0.25) is 10.3 Å². The van der Waals surface area contributed by atoms with Gasteiger partial charge in [0.1, 0.15) is 0 Å². The monoisotopic (exact) mass is 220 g/mol. The molecule has 5 heteroatoms. The van der Waals surface area contributed by atoms with E-state index in [1.54, 1.807) is 0 Å². The summed E-state index contributed by atoms with van der Waals surface area (Å²) in [6.07, 6.45) is 1.33. The molecule has 0 radical (unpaired) electrons. The predicted octanol–water partition coefficient (Wildman–Crippen LogP) is 2.02. The Kier molecular flexibility index (Phi) is 3.90. The average Bonchev–Trinajstić information content (AvgIpc) is 2.12. The van der Waals surface area contributed by atoms with Crippen LogP contribution in [0.4, 0.5) is 0 Å². The summed E-state index contributed by atoms with van der Waals surface area (Å²) >= 11 is 11.6. The molecule has 0 aliphatic rings. The van der Waals surface area contributed by atoms with E-state index in [0.717, 1.165) is 11.1 Å². The van der Waals surface area contributed by atoms with Gasteiger partial charge in [0.25, 0.3) is 0 Å². The second kappa shape index (κ2) is 4.74. The maximum atomic E-state index is 8.67. The number of aliphatic hydroxyl groups is 1. The molecule has 0 saturated carbocycles. The number of hydrogen-bond acceptors (Lipinski definition) is 3. The van der Waals surface area contributed by atoms with Gasteiger partial charge in [0.2, 0.25) is 0 Å². The molecule has 72 valence electrons. The van der Waals surface area contributed by atoms with E-state index < -0.39 is 0 Å². The van der Waals surface area contributed by atoms with Crippen molar-refractivity contribution < 1.29 is 5.11 Å². The van der Waals surface area contributed by atoms with Crippen LogP contribution in [0.3, 0.4) is 0 Å². The number of nitrogens with zero attached hydrogens (tertiary/aromatic N) is 2. The Hall–Kier alpha value is -0.380. The largest absolute Gasteiger partial charge is 0.396 e. The van der Waals surface area contributed by atoms with Crippen molar-refractivity contribution in [1.82, 2.24) is 10.2 Å².